The molecule has 7 heteroatoms. The van der Waals surface area contributed by atoms with Gasteiger partial charge in [-0.1, -0.05) is 19.8 Å². The van der Waals surface area contributed by atoms with Crippen LogP contribution < -0.4 is 10.9 Å². The number of amides is 1. The van der Waals surface area contributed by atoms with Crippen LogP contribution in [0.4, 0.5) is 0 Å². The molecule has 148 valence electrons. The summed E-state index contributed by atoms with van der Waals surface area (Å²) in [4.78, 5) is 41.5. The second-order valence-electron chi connectivity index (χ2n) is 7.83. The molecule has 1 fully saturated rings. The van der Waals surface area contributed by atoms with Gasteiger partial charge in [-0.2, -0.15) is 0 Å². The predicted octanol–water partition coefficient (Wildman–Crippen LogP) is 2.19. The molecule has 0 bridgehead atoms. The van der Waals surface area contributed by atoms with Crippen LogP contribution in [0.1, 0.15) is 55.2 Å². The number of rotatable bonds is 4. The number of carbonyl (C=O) groups is 2. The first-order valence-electron chi connectivity index (χ1n) is 10.0. The van der Waals surface area contributed by atoms with Gasteiger partial charge in [0.1, 0.15) is 5.82 Å². The number of benzene rings is 1. The second kappa shape index (κ2) is 7.73. The zero-order valence-electron chi connectivity index (χ0n) is 16.1. The van der Waals surface area contributed by atoms with E-state index in [-0.39, 0.29) is 24.1 Å². The molecule has 0 unspecified atom stereocenters. The Morgan fingerprint density at radius 2 is 2.07 bits per heavy atom. The van der Waals surface area contributed by atoms with Crippen LogP contribution in [0, 0.1) is 5.92 Å². The van der Waals surface area contributed by atoms with Crippen LogP contribution in [0.15, 0.2) is 23.0 Å². The molecule has 0 saturated heterocycles. The molecule has 0 radical (unpaired) electrons. The van der Waals surface area contributed by atoms with E-state index < -0.39 is 5.97 Å². The fourth-order valence-corrected chi connectivity index (χ4v) is 4.20. The van der Waals surface area contributed by atoms with Crippen molar-refractivity contribution in [1.82, 2.24) is 14.9 Å². The summed E-state index contributed by atoms with van der Waals surface area (Å²) >= 11 is 0. The van der Waals surface area contributed by atoms with Crippen molar-refractivity contribution in [2.24, 2.45) is 5.92 Å². The molecule has 2 aliphatic rings. The highest BCUT2D eigenvalue weighted by atomic mass is 16.5. The quantitative estimate of drug-likeness (QED) is 0.818. The van der Waals surface area contributed by atoms with Crippen LogP contribution in [0.2, 0.25) is 0 Å². The van der Waals surface area contributed by atoms with Gasteiger partial charge in [0.15, 0.2) is 6.61 Å². The van der Waals surface area contributed by atoms with E-state index in [1.165, 1.54) is 6.42 Å². The molecule has 28 heavy (non-hydrogen) atoms. The zero-order valence-corrected chi connectivity index (χ0v) is 16.1. The Kier molecular flexibility index (Phi) is 5.15. The maximum absolute atomic E-state index is 12.5. The van der Waals surface area contributed by atoms with Gasteiger partial charge in [-0.3, -0.25) is 14.2 Å². The van der Waals surface area contributed by atoms with Gasteiger partial charge in [0.25, 0.3) is 11.5 Å². The molecule has 1 saturated carbocycles. The molecule has 1 N–H and O–H groups in total. The van der Waals surface area contributed by atoms with E-state index >= 15 is 0 Å². The van der Waals surface area contributed by atoms with Gasteiger partial charge in [0, 0.05) is 19.0 Å². The highest BCUT2D eigenvalue weighted by Gasteiger charge is 2.23. The molecule has 0 spiro atoms. The lowest BCUT2D eigenvalue weighted by Gasteiger charge is -2.29. The Bertz CT molecular complexity index is 982. The number of aryl methyl sites for hydroxylation is 1. The SMILES string of the molecule is C[C@@H]1CCCC[C@H]1NC(=O)COC(=O)c1ccc2c(=O)n3c(nc2c1)CCC3. The van der Waals surface area contributed by atoms with Crippen LogP contribution in [-0.4, -0.2) is 34.1 Å². The molecule has 4 rings (SSSR count). The molecule has 7 nitrogen and oxygen atoms in total. The number of carbonyl (C=O) groups excluding carboxylic acids is 2. The Balaban J connectivity index is 1.42. The molecule has 1 amide bonds. The average molecular weight is 383 g/mol. The van der Waals surface area contributed by atoms with Crippen molar-refractivity contribution in [1.29, 1.82) is 0 Å². The largest absolute Gasteiger partial charge is 0.452 e. The van der Waals surface area contributed by atoms with Gasteiger partial charge in [-0.15, -0.1) is 0 Å². The molecule has 1 aromatic heterocycles. The summed E-state index contributed by atoms with van der Waals surface area (Å²) < 4.78 is 6.87. The lowest BCUT2D eigenvalue weighted by Crippen LogP contribution is -2.42. The number of esters is 1. The van der Waals surface area contributed by atoms with Gasteiger partial charge in [0.2, 0.25) is 0 Å². The van der Waals surface area contributed by atoms with Crippen LogP contribution in [-0.2, 0) is 22.5 Å². The number of nitrogens with one attached hydrogen (secondary N) is 1. The van der Waals surface area contributed by atoms with E-state index in [1.54, 1.807) is 22.8 Å². The summed E-state index contributed by atoms with van der Waals surface area (Å²) in [6.45, 7) is 2.52. The van der Waals surface area contributed by atoms with E-state index in [0.29, 0.717) is 28.9 Å². The average Bonchev–Trinajstić information content (AvgIpc) is 3.16. The van der Waals surface area contributed by atoms with E-state index in [1.807, 2.05) is 0 Å². The first kappa shape index (κ1) is 18.7. The van der Waals surface area contributed by atoms with Crippen molar-refractivity contribution in [3.05, 3.63) is 39.9 Å². The third-order valence-electron chi connectivity index (χ3n) is 5.84. The van der Waals surface area contributed by atoms with Crippen molar-refractivity contribution in [3.8, 4) is 0 Å². The van der Waals surface area contributed by atoms with Crippen LogP contribution in [0.3, 0.4) is 0 Å². The lowest BCUT2D eigenvalue weighted by molar-refractivity contribution is -0.125. The van der Waals surface area contributed by atoms with E-state index in [9.17, 15) is 14.4 Å². The summed E-state index contributed by atoms with van der Waals surface area (Å²) in [6.07, 6.45) is 6.06. The standard InChI is InChI=1S/C21H25N3O4/c1-13-5-2-3-6-16(13)23-19(25)12-28-21(27)14-8-9-15-17(11-14)22-18-7-4-10-24(18)20(15)26/h8-9,11,13,16H,2-7,10,12H2,1H3,(H,23,25)/t13-,16-/m1/s1. The third kappa shape index (κ3) is 3.66. The summed E-state index contributed by atoms with van der Waals surface area (Å²) in [5, 5.41) is 3.46. The van der Waals surface area contributed by atoms with Crippen molar-refractivity contribution >= 4 is 22.8 Å². The van der Waals surface area contributed by atoms with E-state index in [4.69, 9.17) is 4.74 Å². The van der Waals surface area contributed by atoms with E-state index in [0.717, 1.165) is 37.9 Å². The minimum Gasteiger partial charge on any atom is -0.452 e. The highest BCUT2D eigenvalue weighted by Crippen LogP contribution is 2.23. The first-order valence-corrected chi connectivity index (χ1v) is 10.0. The Morgan fingerprint density at radius 3 is 2.89 bits per heavy atom. The summed E-state index contributed by atoms with van der Waals surface area (Å²) in [7, 11) is 0. The Hall–Kier alpha value is -2.70. The highest BCUT2D eigenvalue weighted by molar-refractivity contribution is 5.95. The monoisotopic (exact) mass is 383 g/mol. The Morgan fingerprint density at radius 1 is 1.25 bits per heavy atom. The van der Waals surface area contributed by atoms with Crippen LogP contribution >= 0.6 is 0 Å². The fourth-order valence-electron chi connectivity index (χ4n) is 4.20. The maximum Gasteiger partial charge on any atom is 0.338 e. The molecule has 1 aliphatic heterocycles. The minimum atomic E-state index is -0.587. The molecule has 2 aromatic rings. The van der Waals surface area contributed by atoms with Crippen LogP contribution in [0.25, 0.3) is 10.9 Å². The minimum absolute atomic E-state index is 0.0709. The summed E-state index contributed by atoms with van der Waals surface area (Å²) in [5.74, 6) is 0.336. The Labute approximate surface area is 163 Å². The number of fused-ring (bicyclic) bond motifs is 2. The normalized spacial score (nSPS) is 21.3. The third-order valence-corrected chi connectivity index (χ3v) is 5.84. The number of nitrogens with zero attached hydrogens (tertiary/aromatic N) is 2. The number of hydrogen-bond acceptors (Lipinski definition) is 5. The molecule has 1 aliphatic carbocycles. The maximum atomic E-state index is 12.5. The van der Waals surface area contributed by atoms with Crippen molar-refractivity contribution in [2.75, 3.05) is 6.61 Å². The summed E-state index contributed by atoms with van der Waals surface area (Å²) in [6, 6.07) is 4.88. The van der Waals surface area contributed by atoms with Crippen molar-refractivity contribution in [2.45, 2.75) is 58.0 Å². The van der Waals surface area contributed by atoms with Gasteiger partial charge >= 0.3 is 5.97 Å². The van der Waals surface area contributed by atoms with Gasteiger partial charge in [-0.05, 0) is 43.4 Å². The van der Waals surface area contributed by atoms with Gasteiger partial charge < -0.3 is 10.1 Å². The number of ether oxygens (including phenoxy) is 1. The second-order valence-corrected chi connectivity index (χ2v) is 7.83. The van der Waals surface area contributed by atoms with Crippen molar-refractivity contribution in [3.63, 3.8) is 0 Å². The van der Waals surface area contributed by atoms with Gasteiger partial charge in [0.05, 0.1) is 16.5 Å². The number of aromatic nitrogens is 2. The lowest BCUT2D eigenvalue weighted by atomic mass is 9.86. The predicted molar refractivity (Wildman–Crippen MR) is 104 cm³/mol. The molecular formula is C21H25N3O4. The topological polar surface area (TPSA) is 90.3 Å². The summed E-state index contributed by atoms with van der Waals surface area (Å²) in [5.41, 5.74) is 0.715. The molecule has 2 atom stereocenters. The number of hydrogen-bond donors (Lipinski definition) is 1. The molecule has 1 aromatic carbocycles. The smallest absolute Gasteiger partial charge is 0.338 e. The molecule has 2 heterocycles. The first-order chi connectivity index (χ1) is 13.5. The zero-order chi connectivity index (χ0) is 19.7. The molecular weight excluding hydrogens is 358 g/mol. The van der Waals surface area contributed by atoms with Gasteiger partial charge in [-0.25, -0.2) is 9.78 Å². The van der Waals surface area contributed by atoms with Crippen LogP contribution in [0.5, 0.6) is 0 Å². The van der Waals surface area contributed by atoms with E-state index in [2.05, 4.69) is 17.2 Å². The fraction of sp³-hybridized carbons (Fsp3) is 0.524. The van der Waals surface area contributed by atoms with Crippen molar-refractivity contribution < 1.29 is 14.3 Å².